The first-order chi connectivity index (χ1) is 44.1. The van der Waals surface area contributed by atoms with Crippen molar-refractivity contribution in [3.63, 3.8) is 0 Å². The van der Waals surface area contributed by atoms with Gasteiger partial charge in [-0.1, -0.05) is 312 Å². The van der Waals surface area contributed by atoms with Gasteiger partial charge in [0, 0.05) is 25.7 Å². The molecule has 0 bridgehead atoms. The number of hydrogen-bond acceptors (Lipinski definition) is 15. The molecule has 0 aliphatic carbocycles. The largest absolute Gasteiger partial charge is 0.472 e. The first-order valence-electron chi connectivity index (χ1n) is 37.7. The first-order valence-corrected chi connectivity index (χ1v) is 40.7. The van der Waals surface area contributed by atoms with Crippen LogP contribution in [0.2, 0.25) is 0 Å². The molecule has 0 aliphatic rings. The van der Waals surface area contributed by atoms with Crippen LogP contribution < -0.4 is 0 Å². The highest BCUT2D eigenvalue weighted by Gasteiger charge is 2.30. The number of unbranched alkanes of at least 4 members (excludes halogenated alkanes) is 35. The van der Waals surface area contributed by atoms with Crippen LogP contribution in [0.1, 0.15) is 364 Å². The van der Waals surface area contributed by atoms with E-state index in [4.69, 9.17) is 37.0 Å². The summed E-state index contributed by atoms with van der Waals surface area (Å²) in [5.74, 6) is 0.897. The Kier molecular flexibility index (Phi) is 61.3. The summed E-state index contributed by atoms with van der Waals surface area (Å²) in [5, 5.41) is 10.6. The van der Waals surface area contributed by atoms with Crippen molar-refractivity contribution in [2.75, 3.05) is 39.6 Å². The van der Waals surface area contributed by atoms with E-state index in [1.54, 1.807) is 0 Å². The van der Waals surface area contributed by atoms with Gasteiger partial charge in [-0.25, -0.2) is 9.13 Å². The number of ether oxygens (including phenoxy) is 4. The molecule has 4 unspecified atom stereocenters. The molecule has 0 rings (SSSR count). The number of esters is 4. The summed E-state index contributed by atoms with van der Waals surface area (Å²) in [6, 6.07) is 0. The van der Waals surface area contributed by atoms with Gasteiger partial charge >= 0.3 is 39.5 Å². The van der Waals surface area contributed by atoms with Gasteiger partial charge in [0.25, 0.3) is 0 Å². The molecule has 6 atom stereocenters. The molecule has 19 heteroatoms. The molecule has 0 heterocycles. The molecule has 3 N–H and O–H groups in total. The Morgan fingerprint density at radius 2 is 0.522 bits per heavy atom. The second kappa shape index (κ2) is 62.6. The number of carbonyl (C=O) groups is 4. The van der Waals surface area contributed by atoms with Crippen LogP contribution in [0.25, 0.3) is 0 Å². The van der Waals surface area contributed by atoms with Gasteiger partial charge in [0.1, 0.15) is 19.3 Å². The SMILES string of the molecule is CCC(C)CCCCCCCCCCCCC(=O)O[C@H](COC(=O)CCCCCCCCCCCCCCCCC(C)C)COP(=O)(O)OCC(O)COP(=O)(O)OC[C@@H](COC(=O)CCCCCCCCCCC(C)C)OC(=O)CCCCCCCCCC(C)C. The topological polar surface area (TPSA) is 237 Å². The Morgan fingerprint density at radius 1 is 0.304 bits per heavy atom. The second-order valence-corrected chi connectivity index (χ2v) is 30.9. The number of phosphoric ester groups is 2. The smallest absolute Gasteiger partial charge is 0.462 e. The predicted octanol–water partition coefficient (Wildman–Crippen LogP) is 20.9. The summed E-state index contributed by atoms with van der Waals surface area (Å²) in [6.07, 6.45) is 45.9. The zero-order valence-electron chi connectivity index (χ0n) is 60.2. The standard InChI is InChI=1S/C73H142O17P2/c1-9-66(8)52-44-36-28-19-16-17-21-31-39-47-55-72(77)89-68(59-83-70(75)53-45-37-29-20-15-13-11-10-12-14-18-25-33-41-49-63(2)3)61-87-91(79,80)85-57-67(74)58-86-92(81,82)88-62-69(90-73(78)56-48-40-32-24-27-35-43-51-65(6)7)60-84-71(76)54-46-38-30-23-22-26-34-42-50-64(4)5/h63-69,74H,9-62H2,1-8H3,(H,79,80)(H,81,82)/t66?,67?,68-,69-/m1/s1. The van der Waals surface area contributed by atoms with Gasteiger partial charge in [0.2, 0.25) is 0 Å². The molecule has 0 aromatic carbocycles. The van der Waals surface area contributed by atoms with Crippen LogP contribution in [0.3, 0.4) is 0 Å². The van der Waals surface area contributed by atoms with Crippen molar-refractivity contribution in [3.05, 3.63) is 0 Å². The van der Waals surface area contributed by atoms with Crippen LogP contribution >= 0.6 is 15.6 Å². The predicted molar refractivity (Wildman–Crippen MR) is 372 cm³/mol. The second-order valence-electron chi connectivity index (χ2n) is 28.0. The maximum absolute atomic E-state index is 13.1. The fourth-order valence-electron chi connectivity index (χ4n) is 11.0. The van der Waals surface area contributed by atoms with E-state index in [1.807, 2.05) is 0 Å². The molecule has 0 saturated heterocycles. The van der Waals surface area contributed by atoms with Crippen molar-refractivity contribution in [2.45, 2.75) is 382 Å². The first kappa shape index (κ1) is 90.1. The molecular formula is C73H142O17P2. The average Bonchev–Trinajstić information content (AvgIpc) is 1.92. The van der Waals surface area contributed by atoms with Crippen LogP contribution in [0, 0.1) is 23.7 Å². The van der Waals surface area contributed by atoms with Crippen LogP contribution in [0.4, 0.5) is 0 Å². The van der Waals surface area contributed by atoms with Gasteiger partial charge < -0.3 is 33.8 Å². The quantitative estimate of drug-likeness (QED) is 0.0222. The minimum Gasteiger partial charge on any atom is -0.462 e. The maximum atomic E-state index is 13.1. The zero-order chi connectivity index (χ0) is 68.2. The highest BCUT2D eigenvalue weighted by atomic mass is 31.2. The van der Waals surface area contributed by atoms with Gasteiger partial charge in [-0.05, 0) is 49.4 Å². The van der Waals surface area contributed by atoms with Crippen molar-refractivity contribution >= 4 is 39.5 Å². The third kappa shape index (κ3) is 65.4. The van der Waals surface area contributed by atoms with E-state index in [-0.39, 0.29) is 25.7 Å². The average molecular weight is 1350 g/mol. The maximum Gasteiger partial charge on any atom is 0.472 e. The fraction of sp³-hybridized carbons (Fsp3) is 0.945. The monoisotopic (exact) mass is 1350 g/mol. The third-order valence-corrected chi connectivity index (χ3v) is 19.1. The van der Waals surface area contributed by atoms with E-state index in [9.17, 15) is 43.2 Å². The number of phosphoric acid groups is 2. The van der Waals surface area contributed by atoms with E-state index >= 15 is 0 Å². The molecule has 546 valence electrons. The lowest BCUT2D eigenvalue weighted by atomic mass is 9.99. The van der Waals surface area contributed by atoms with E-state index in [2.05, 4.69) is 55.4 Å². The van der Waals surface area contributed by atoms with E-state index in [0.717, 1.165) is 108 Å². The Morgan fingerprint density at radius 3 is 0.772 bits per heavy atom. The van der Waals surface area contributed by atoms with Gasteiger partial charge in [-0.2, -0.15) is 0 Å². The molecule has 0 fully saturated rings. The van der Waals surface area contributed by atoms with Gasteiger partial charge in [-0.3, -0.25) is 37.3 Å². The molecule has 0 aromatic heterocycles. The molecule has 0 amide bonds. The van der Waals surface area contributed by atoms with Crippen molar-refractivity contribution in [3.8, 4) is 0 Å². The zero-order valence-corrected chi connectivity index (χ0v) is 62.0. The summed E-state index contributed by atoms with van der Waals surface area (Å²) in [7, 11) is -9.91. The summed E-state index contributed by atoms with van der Waals surface area (Å²) in [6.45, 7) is 14.1. The molecule has 0 spiro atoms. The Hall–Kier alpha value is -1.94. The normalized spacial score (nSPS) is 14.5. The number of aliphatic hydroxyl groups excluding tert-OH is 1. The third-order valence-electron chi connectivity index (χ3n) is 17.2. The van der Waals surface area contributed by atoms with Crippen LogP contribution in [0.5, 0.6) is 0 Å². The summed E-state index contributed by atoms with van der Waals surface area (Å²) < 4.78 is 68.4. The van der Waals surface area contributed by atoms with E-state index in [1.165, 1.54) is 167 Å². The lowest BCUT2D eigenvalue weighted by molar-refractivity contribution is -0.161. The minimum absolute atomic E-state index is 0.102. The van der Waals surface area contributed by atoms with E-state index < -0.39 is 97.5 Å². The number of carbonyl (C=O) groups excluding carboxylic acids is 4. The van der Waals surface area contributed by atoms with Crippen molar-refractivity contribution in [2.24, 2.45) is 23.7 Å². The Labute approximate surface area is 562 Å². The highest BCUT2D eigenvalue weighted by Crippen LogP contribution is 2.45. The van der Waals surface area contributed by atoms with Crippen molar-refractivity contribution < 1.29 is 80.2 Å². The number of aliphatic hydroxyl groups is 1. The fourth-order valence-corrected chi connectivity index (χ4v) is 12.6. The summed E-state index contributed by atoms with van der Waals surface area (Å²) in [5.41, 5.74) is 0. The van der Waals surface area contributed by atoms with Crippen LogP contribution in [-0.4, -0.2) is 96.7 Å². The molecule has 0 radical (unpaired) electrons. The molecule has 0 saturated carbocycles. The van der Waals surface area contributed by atoms with Gasteiger partial charge in [0.05, 0.1) is 26.4 Å². The molecule has 17 nitrogen and oxygen atoms in total. The van der Waals surface area contributed by atoms with Crippen molar-refractivity contribution in [1.29, 1.82) is 0 Å². The van der Waals surface area contributed by atoms with Gasteiger partial charge in [0.15, 0.2) is 12.2 Å². The Bertz CT molecular complexity index is 1820. The van der Waals surface area contributed by atoms with Gasteiger partial charge in [-0.15, -0.1) is 0 Å². The number of hydrogen-bond donors (Lipinski definition) is 3. The van der Waals surface area contributed by atoms with E-state index in [0.29, 0.717) is 31.6 Å². The molecule has 0 aliphatic heterocycles. The van der Waals surface area contributed by atoms with Crippen LogP contribution in [-0.2, 0) is 65.4 Å². The lowest BCUT2D eigenvalue weighted by Gasteiger charge is -2.21. The lowest BCUT2D eigenvalue weighted by Crippen LogP contribution is -2.30. The molecule has 92 heavy (non-hydrogen) atoms. The number of rotatable bonds is 70. The Balaban J connectivity index is 5.24. The molecule has 0 aromatic rings. The summed E-state index contributed by atoms with van der Waals surface area (Å²) in [4.78, 5) is 72.6. The molecular weight excluding hydrogens is 1210 g/mol. The highest BCUT2D eigenvalue weighted by molar-refractivity contribution is 7.47. The van der Waals surface area contributed by atoms with Crippen LogP contribution in [0.15, 0.2) is 0 Å². The van der Waals surface area contributed by atoms with Crippen molar-refractivity contribution in [1.82, 2.24) is 0 Å². The summed E-state index contributed by atoms with van der Waals surface area (Å²) >= 11 is 0. The minimum atomic E-state index is -4.96.